The zero-order chi connectivity index (χ0) is 16.7. The molecular formula is C16H18F3NO3. The van der Waals surface area contributed by atoms with Gasteiger partial charge < -0.3 is 9.84 Å². The molecule has 23 heavy (non-hydrogen) atoms. The number of hydrogen-bond donors (Lipinski definition) is 1. The van der Waals surface area contributed by atoms with Crippen molar-refractivity contribution < 1.29 is 27.8 Å². The molecule has 4 nitrogen and oxygen atoms in total. The molecule has 2 saturated heterocycles. The summed E-state index contributed by atoms with van der Waals surface area (Å²) in [6, 6.07) is 4.56. The molecule has 3 rings (SSSR count). The molecule has 126 valence electrons. The second kappa shape index (κ2) is 5.79. The molecule has 2 heterocycles. The standard InChI is InChI=1S/C16H18F3NO3/c17-16(18,19)12-3-1-2-11(10-12)15(22)5-7-20(8-6-15)13-4-9-23-14(13)21/h1-3,10,13,22H,4-9H2. The maximum atomic E-state index is 12.8. The number of piperidine rings is 1. The summed E-state index contributed by atoms with van der Waals surface area (Å²) in [6.07, 6.45) is -3.22. The van der Waals surface area contributed by atoms with E-state index in [2.05, 4.69) is 0 Å². The lowest BCUT2D eigenvalue weighted by atomic mass is 9.83. The summed E-state index contributed by atoms with van der Waals surface area (Å²) in [5, 5.41) is 10.7. The highest BCUT2D eigenvalue weighted by atomic mass is 19.4. The highest BCUT2D eigenvalue weighted by Crippen LogP contribution is 2.37. The Morgan fingerprint density at radius 2 is 1.96 bits per heavy atom. The van der Waals surface area contributed by atoms with Crippen molar-refractivity contribution in [3.63, 3.8) is 0 Å². The fourth-order valence-corrected chi connectivity index (χ4v) is 3.30. The zero-order valence-corrected chi connectivity index (χ0v) is 12.5. The number of nitrogens with zero attached hydrogens (tertiary/aromatic N) is 1. The van der Waals surface area contributed by atoms with Crippen LogP contribution in [0.25, 0.3) is 0 Å². The van der Waals surface area contributed by atoms with Crippen molar-refractivity contribution in [2.45, 2.75) is 37.1 Å². The molecule has 0 aliphatic carbocycles. The summed E-state index contributed by atoms with van der Waals surface area (Å²) < 4.78 is 43.4. The van der Waals surface area contributed by atoms with E-state index >= 15 is 0 Å². The molecule has 0 spiro atoms. The minimum absolute atomic E-state index is 0.255. The second-order valence-electron chi connectivity index (χ2n) is 6.12. The number of likely N-dealkylation sites (tertiary alicyclic amines) is 1. The number of aliphatic hydroxyl groups is 1. The van der Waals surface area contributed by atoms with Gasteiger partial charge in [0, 0.05) is 19.5 Å². The average molecular weight is 329 g/mol. The lowest BCUT2D eigenvalue weighted by Crippen LogP contribution is -2.48. The predicted molar refractivity (Wildman–Crippen MR) is 75.5 cm³/mol. The van der Waals surface area contributed by atoms with Crippen LogP contribution in [0, 0.1) is 0 Å². The third kappa shape index (κ3) is 3.21. The molecule has 7 heteroatoms. The van der Waals surface area contributed by atoms with Gasteiger partial charge in [-0.25, -0.2) is 0 Å². The van der Waals surface area contributed by atoms with Crippen LogP contribution < -0.4 is 0 Å². The highest BCUT2D eigenvalue weighted by molar-refractivity contribution is 5.77. The van der Waals surface area contributed by atoms with Crippen LogP contribution >= 0.6 is 0 Å². The smallest absolute Gasteiger partial charge is 0.416 e. The fraction of sp³-hybridized carbons (Fsp3) is 0.562. The molecule has 0 saturated carbocycles. The number of hydrogen-bond acceptors (Lipinski definition) is 4. The maximum Gasteiger partial charge on any atom is 0.416 e. The first-order valence-electron chi connectivity index (χ1n) is 7.60. The predicted octanol–water partition coefficient (Wildman–Crippen LogP) is 2.30. The molecule has 2 fully saturated rings. The van der Waals surface area contributed by atoms with Gasteiger partial charge in [-0.2, -0.15) is 13.2 Å². The van der Waals surface area contributed by atoms with Crippen LogP contribution in [0.1, 0.15) is 30.4 Å². The van der Waals surface area contributed by atoms with Crippen molar-refractivity contribution in [1.29, 1.82) is 0 Å². The summed E-state index contributed by atoms with van der Waals surface area (Å²) in [7, 11) is 0. The summed E-state index contributed by atoms with van der Waals surface area (Å²) in [5.74, 6) is -0.255. The number of esters is 1. The van der Waals surface area contributed by atoms with Gasteiger partial charge in [0.1, 0.15) is 6.04 Å². The average Bonchev–Trinajstić information content (AvgIpc) is 2.94. The fourth-order valence-electron chi connectivity index (χ4n) is 3.30. The summed E-state index contributed by atoms with van der Waals surface area (Å²) >= 11 is 0. The molecule has 1 N–H and O–H groups in total. The Labute approximate surface area is 131 Å². The van der Waals surface area contributed by atoms with Gasteiger partial charge in [-0.05, 0) is 30.5 Å². The molecule has 1 unspecified atom stereocenters. The van der Waals surface area contributed by atoms with Crippen LogP contribution in [0.15, 0.2) is 24.3 Å². The Balaban J connectivity index is 1.73. The number of cyclic esters (lactones) is 1. The van der Waals surface area contributed by atoms with Gasteiger partial charge in [-0.15, -0.1) is 0 Å². The largest absolute Gasteiger partial charge is 0.464 e. The number of alkyl halides is 3. The van der Waals surface area contributed by atoms with Gasteiger partial charge >= 0.3 is 12.1 Å². The van der Waals surface area contributed by atoms with E-state index in [1.807, 2.05) is 4.90 Å². The lowest BCUT2D eigenvalue weighted by molar-refractivity contribution is -0.144. The normalized spacial score (nSPS) is 25.4. The van der Waals surface area contributed by atoms with Gasteiger partial charge in [0.25, 0.3) is 0 Å². The van der Waals surface area contributed by atoms with Crippen LogP contribution in [0.3, 0.4) is 0 Å². The van der Waals surface area contributed by atoms with Crippen molar-refractivity contribution in [3.8, 4) is 0 Å². The molecule has 0 amide bonds. The minimum Gasteiger partial charge on any atom is -0.464 e. The zero-order valence-electron chi connectivity index (χ0n) is 12.5. The first-order valence-corrected chi connectivity index (χ1v) is 7.60. The number of carbonyl (C=O) groups is 1. The molecule has 0 aromatic heterocycles. The van der Waals surface area contributed by atoms with Crippen LogP contribution in [0.5, 0.6) is 0 Å². The maximum absolute atomic E-state index is 12.8. The highest BCUT2D eigenvalue weighted by Gasteiger charge is 2.41. The molecule has 2 aliphatic rings. The van der Waals surface area contributed by atoms with Crippen molar-refractivity contribution in [2.24, 2.45) is 0 Å². The Morgan fingerprint density at radius 1 is 1.26 bits per heavy atom. The SMILES string of the molecule is O=C1OCCC1N1CCC(O)(c2cccc(C(F)(F)F)c2)CC1. The summed E-state index contributed by atoms with van der Waals surface area (Å²) in [6.45, 7) is 1.30. The quantitative estimate of drug-likeness (QED) is 0.846. The number of carbonyl (C=O) groups excluding carboxylic acids is 1. The number of rotatable bonds is 2. The Morgan fingerprint density at radius 3 is 2.52 bits per heavy atom. The third-order valence-electron chi connectivity index (χ3n) is 4.70. The molecule has 0 bridgehead atoms. The minimum atomic E-state index is -4.43. The van der Waals surface area contributed by atoms with E-state index in [0.717, 1.165) is 12.1 Å². The van der Waals surface area contributed by atoms with Gasteiger partial charge in [-0.1, -0.05) is 12.1 Å². The second-order valence-corrected chi connectivity index (χ2v) is 6.12. The van der Waals surface area contributed by atoms with E-state index in [-0.39, 0.29) is 30.4 Å². The van der Waals surface area contributed by atoms with E-state index in [9.17, 15) is 23.1 Å². The van der Waals surface area contributed by atoms with Crippen molar-refractivity contribution in [1.82, 2.24) is 4.90 Å². The first-order chi connectivity index (χ1) is 10.8. The summed E-state index contributed by atoms with van der Waals surface area (Å²) in [4.78, 5) is 13.6. The summed E-state index contributed by atoms with van der Waals surface area (Å²) in [5.41, 5.74) is -1.77. The number of ether oxygens (including phenoxy) is 1. The van der Waals surface area contributed by atoms with E-state index in [0.29, 0.717) is 26.1 Å². The molecule has 1 aromatic rings. The lowest BCUT2D eigenvalue weighted by Gasteiger charge is -2.40. The van der Waals surface area contributed by atoms with Crippen LogP contribution in [-0.4, -0.2) is 41.7 Å². The van der Waals surface area contributed by atoms with Gasteiger partial charge in [0.15, 0.2) is 0 Å². The van der Waals surface area contributed by atoms with E-state index in [1.54, 1.807) is 0 Å². The number of benzene rings is 1. The molecular weight excluding hydrogens is 311 g/mol. The van der Waals surface area contributed by atoms with Crippen molar-refractivity contribution in [3.05, 3.63) is 35.4 Å². The Hall–Kier alpha value is -1.60. The molecule has 1 aromatic carbocycles. The topological polar surface area (TPSA) is 49.8 Å². The van der Waals surface area contributed by atoms with E-state index in [1.165, 1.54) is 12.1 Å². The van der Waals surface area contributed by atoms with E-state index in [4.69, 9.17) is 4.74 Å². The van der Waals surface area contributed by atoms with Crippen LogP contribution in [0.2, 0.25) is 0 Å². The van der Waals surface area contributed by atoms with Crippen LogP contribution in [0.4, 0.5) is 13.2 Å². The molecule has 0 radical (unpaired) electrons. The monoisotopic (exact) mass is 329 g/mol. The third-order valence-corrected chi connectivity index (χ3v) is 4.70. The molecule has 1 atom stereocenters. The Kier molecular flexibility index (Phi) is 4.10. The van der Waals surface area contributed by atoms with Crippen molar-refractivity contribution >= 4 is 5.97 Å². The van der Waals surface area contributed by atoms with Crippen LogP contribution in [-0.2, 0) is 21.3 Å². The van der Waals surface area contributed by atoms with Gasteiger partial charge in [-0.3, -0.25) is 9.69 Å². The number of halogens is 3. The van der Waals surface area contributed by atoms with Gasteiger partial charge in [0.05, 0.1) is 17.8 Å². The Bertz CT molecular complexity index is 594. The van der Waals surface area contributed by atoms with Gasteiger partial charge in [0.2, 0.25) is 0 Å². The van der Waals surface area contributed by atoms with E-state index < -0.39 is 17.3 Å². The molecule has 2 aliphatic heterocycles. The first kappa shape index (κ1) is 16.3. The van der Waals surface area contributed by atoms with Crippen molar-refractivity contribution in [2.75, 3.05) is 19.7 Å².